The summed E-state index contributed by atoms with van der Waals surface area (Å²) in [5, 5.41) is 3.09. The summed E-state index contributed by atoms with van der Waals surface area (Å²) >= 11 is 0. The van der Waals surface area contributed by atoms with Crippen molar-refractivity contribution in [1.29, 1.82) is 0 Å². The molecule has 0 spiro atoms. The number of rotatable bonds is 3. The van der Waals surface area contributed by atoms with Crippen molar-refractivity contribution < 1.29 is 0 Å². The normalized spacial score (nSPS) is 17.5. The van der Waals surface area contributed by atoms with Gasteiger partial charge in [-0.15, -0.1) is 0 Å². The third-order valence-corrected chi connectivity index (χ3v) is 3.51. The predicted molar refractivity (Wildman–Crippen MR) is 72.7 cm³/mol. The molecule has 0 saturated carbocycles. The van der Waals surface area contributed by atoms with Crippen LogP contribution in [-0.2, 0) is 0 Å². The molecule has 2 rings (SSSR count). The maximum atomic E-state index is 4.59. The van der Waals surface area contributed by atoms with E-state index in [1.165, 1.54) is 12.8 Å². The van der Waals surface area contributed by atoms with Gasteiger partial charge in [0.2, 0.25) is 0 Å². The summed E-state index contributed by atoms with van der Waals surface area (Å²) in [4.78, 5) is 9.29. The van der Waals surface area contributed by atoms with Crippen molar-refractivity contribution in [3.8, 4) is 0 Å². The molecule has 0 bridgehead atoms. The SMILES string of the molecule is CNc1cccc(N2CCC(N(C)C)CC2)n1. The topological polar surface area (TPSA) is 31.4 Å². The van der Waals surface area contributed by atoms with Gasteiger partial charge in [-0.3, -0.25) is 0 Å². The standard InChI is InChI=1S/C13H22N4/c1-14-12-5-4-6-13(15-12)17-9-7-11(8-10-17)16(2)3/h4-6,11H,7-10H2,1-3H3,(H,14,15). The van der Waals surface area contributed by atoms with Gasteiger partial charge in [0.1, 0.15) is 11.6 Å². The minimum atomic E-state index is 0.721. The molecule has 1 saturated heterocycles. The van der Waals surface area contributed by atoms with E-state index < -0.39 is 0 Å². The van der Waals surface area contributed by atoms with Crippen LogP contribution in [0.2, 0.25) is 0 Å². The van der Waals surface area contributed by atoms with E-state index in [4.69, 9.17) is 0 Å². The molecule has 1 aliphatic heterocycles. The number of hydrogen-bond donors (Lipinski definition) is 1. The molecule has 1 fully saturated rings. The Morgan fingerprint density at radius 1 is 1.29 bits per heavy atom. The molecule has 0 atom stereocenters. The smallest absolute Gasteiger partial charge is 0.130 e. The van der Waals surface area contributed by atoms with Crippen LogP contribution in [0.3, 0.4) is 0 Å². The summed E-state index contributed by atoms with van der Waals surface area (Å²) in [6.45, 7) is 2.20. The lowest BCUT2D eigenvalue weighted by atomic mass is 10.0. The lowest BCUT2D eigenvalue weighted by molar-refractivity contribution is 0.249. The van der Waals surface area contributed by atoms with E-state index >= 15 is 0 Å². The highest BCUT2D eigenvalue weighted by atomic mass is 15.2. The molecule has 1 aromatic rings. The van der Waals surface area contributed by atoms with Crippen molar-refractivity contribution >= 4 is 11.6 Å². The van der Waals surface area contributed by atoms with Crippen LogP contribution < -0.4 is 10.2 Å². The van der Waals surface area contributed by atoms with Gasteiger partial charge < -0.3 is 15.1 Å². The Morgan fingerprint density at radius 3 is 2.59 bits per heavy atom. The van der Waals surface area contributed by atoms with Crippen molar-refractivity contribution in [2.45, 2.75) is 18.9 Å². The summed E-state index contributed by atoms with van der Waals surface area (Å²) in [6.07, 6.45) is 2.44. The second kappa shape index (κ2) is 5.36. The number of piperidine rings is 1. The van der Waals surface area contributed by atoms with Crippen LogP contribution in [0, 0.1) is 0 Å². The Labute approximate surface area is 104 Å². The highest BCUT2D eigenvalue weighted by molar-refractivity contribution is 5.47. The van der Waals surface area contributed by atoms with Crippen molar-refractivity contribution in [3.05, 3.63) is 18.2 Å². The van der Waals surface area contributed by atoms with Crippen LogP contribution in [-0.4, -0.2) is 50.2 Å². The van der Waals surface area contributed by atoms with E-state index in [0.29, 0.717) is 0 Å². The predicted octanol–water partition coefficient (Wildman–Crippen LogP) is 1.65. The maximum Gasteiger partial charge on any atom is 0.130 e. The third-order valence-electron chi connectivity index (χ3n) is 3.51. The fourth-order valence-electron chi connectivity index (χ4n) is 2.35. The third kappa shape index (κ3) is 2.88. The first kappa shape index (κ1) is 12.2. The average molecular weight is 234 g/mol. The Bertz CT molecular complexity index is 356. The van der Waals surface area contributed by atoms with E-state index in [9.17, 15) is 0 Å². The monoisotopic (exact) mass is 234 g/mol. The van der Waals surface area contributed by atoms with Gasteiger partial charge in [-0.25, -0.2) is 4.98 Å². The highest BCUT2D eigenvalue weighted by Crippen LogP contribution is 2.20. The first-order valence-electron chi connectivity index (χ1n) is 6.27. The molecule has 0 aromatic carbocycles. The number of nitrogens with zero attached hydrogens (tertiary/aromatic N) is 3. The number of anilines is 2. The molecule has 1 aromatic heterocycles. The number of hydrogen-bond acceptors (Lipinski definition) is 4. The summed E-state index contributed by atoms with van der Waals surface area (Å²) in [6, 6.07) is 6.87. The lowest BCUT2D eigenvalue weighted by Crippen LogP contribution is -2.42. The zero-order valence-electron chi connectivity index (χ0n) is 11.0. The molecule has 1 aliphatic rings. The van der Waals surface area contributed by atoms with E-state index in [-0.39, 0.29) is 0 Å². The van der Waals surface area contributed by atoms with E-state index in [1.807, 2.05) is 13.1 Å². The zero-order chi connectivity index (χ0) is 12.3. The molecule has 0 radical (unpaired) electrons. The zero-order valence-corrected chi connectivity index (χ0v) is 11.0. The van der Waals surface area contributed by atoms with Crippen molar-refractivity contribution in [2.24, 2.45) is 0 Å². The molecule has 1 N–H and O–H groups in total. The average Bonchev–Trinajstić information content (AvgIpc) is 2.39. The van der Waals surface area contributed by atoms with Crippen LogP contribution in [0.4, 0.5) is 11.6 Å². The van der Waals surface area contributed by atoms with Crippen LogP contribution in [0.5, 0.6) is 0 Å². The molecule has 17 heavy (non-hydrogen) atoms. The second-order valence-electron chi connectivity index (χ2n) is 4.81. The van der Waals surface area contributed by atoms with E-state index in [1.54, 1.807) is 0 Å². The molecule has 0 aliphatic carbocycles. The van der Waals surface area contributed by atoms with Crippen LogP contribution in [0.1, 0.15) is 12.8 Å². The highest BCUT2D eigenvalue weighted by Gasteiger charge is 2.21. The van der Waals surface area contributed by atoms with Crippen LogP contribution in [0.25, 0.3) is 0 Å². The quantitative estimate of drug-likeness (QED) is 0.862. The number of pyridine rings is 1. The number of aromatic nitrogens is 1. The molecule has 4 nitrogen and oxygen atoms in total. The van der Waals surface area contributed by atoms with Crippen molar-refractivity contribution in [3.63, 3.8) is 0 Å². The van der Waals surface area contributed by atoms with Crippen molar-refractivity contribution in [1.82, 2.24) is 9.88 Å². The summed E-state index contributed by atoms with van der Waals surface area (Å²) < 4.78 is 0. The van der Waals surface area contributed by atoms with Gasteiger partial charge in [0.05, 0.1) is 0 Å². The molecular formula is C13H22N4. The van der Waals surface area contributed by atoms with Gasteiger partial charge >= 0.3 is 0 Å². The van der Waals surface area contributed by atoms with Crippen LogP contribution in [0.15, 0.2) is 18.2 Å². The lowest BCUT2D eigenvalue weighted by Gasteiger charge is -2.35. The van der Waals surface area contributed by atoms with Crippen LogP contribution >= 0.6 is 0 Å². The Hall–Kier alpha value is -1.29. The van der Waals surface area contributed by atoms with E-state index in [2.05, 4.69) is 46.3 Å². The van der Waals surface area contributed by atoms with Gasteiger partial charge in [-0.2, -0.15) is 0 Å². The fourth-order valence-corrected chi connectivity index (χ4v) is 2.35. The Morgan fingerprint density at radius 2 is 2.00 bits per heavy atom. The van der Waals surface area contributed by atoms with Gasteiger partial charge in [0, 0.05) is 26.2 Å². The van der Waals surface area contributed by atoms with E-state index in [0.717, 1.165) is 30.8 Å². The largest absolute Gasteiger partial charge is 0.373 e. The summed E-state index contributed by atoms with van der Waals surface area (Å²) in [5.41, 5.74) is 0. The minimum Gasteiger partial charge on any atom is -0.373 e. The van der Waals surface area contributed by atoms with Crippen molar-refractivity contribution in [2.75, 3.05) is 44.4 Å². The second-order valence-corrected chi connectivity index (χ2v) is 4.81. The van der Waals surface area contributed by atoms with Gasteiger partial charge in [-0.05, 0) is 39.1 Å². The fraction of sp³-hybridized carbons (Fsp3) is 0.615. The summed E-state index contributed by atoms with van der Waals surface area (Å²) in [7, 11) is 6.24. The first-order valence-corrected chi connectivity index (χ1v) is 6.27. The molecule has 0 amide bonds. The number of nitrogens with one attached hydrogen (secondary N) is 1. The molecular weight excluding hydrogens is 212 g/mol. The Balaban J connectivity index is 2.00. The van der Waals surface area contributed by atoms with Gasteiger partial charge in [0.15, 0.2) is 0 Å². The molecule has 94 valence electrons. The first-order chi connectivity index (χ1) is 8.20. The maximum absolute atomic E-state index is 4.59. The molecule has 4 heteroatoms. The van der Waals surface area contributed by atoms with Gasteiger partial charge in [-0.1, -0.05) is 6.07 Å². The van der Waals surface area contributed by atoms with Gasteiger partial charge in [0.25, 0.3) is 0 Å². The molecule has 0 unspecified atom stereocenters. The Kier molecular flexibility index (Phi) is 3.84. The molecule has 2 heterocycles. The minimum absolute atomic E-state index is 0.721. The summed E-state index contributed by atoms with van der Waals surface area (Å²) in [5.74, 6) is 2.03.